The number of aliphatic imine (C=N–C) groups is 1. The summed E-state index contributed by atoms with van der Waals surface area (Å²) >= 11 is 5.99. The first-order valence-corrected chi connectivity index (χ1v) is 14.5. The van der Waals surface area contributed by atoms with Crippen molar-refractivity contribution in [2.45, 2.75) is 11.8 Å². The predicted molar refractivity (Wildman–Crippen MR) is 155 cm³/mol. The molecule has 0 atom stereocenters. The Balaban J connectivity index is 1.62. The molecule has 2 aromatic heterocycles. The standard InChI is InChI=1S/C27H30ClFN6O5S/c1-18(14-22(26(30-2)39-3)33-41(37,38)24-6-5-20(29)15-21(24)28)19-4-7-25-32-16-23(27(36)35(25)17-19)40-13-12-34-10-8-31-9-11-34/h4-7,14-17,31,33H,2,8-13H2,1,3H3/b18-14+,26-22-. The number of fused-ring (bicyclic) bond motifs is 1. The maximum atomic E-state index is 13.5. The van der Waals surface area contributed by atoms with Crippen LogP contribution in [0.4, 0.5) is 4.39 Å². The molecule has 218 valence electrons. The number of nitrogens with zero attached hydrogens (tertiary/aromatic N) is 4. The molecule has 3 heterocycles. The monoisotopic (exact) mass is 604 g/mol. The number of nitrogens with one attached hydrogen (secondary N) is 2. The summed E-state index contributed by atoms with van der Waals surface area (Å²) in [6, 6.07) is 6.32. The van der Waals surface area contributed by atoms with Gasteiger partial charge in [-0.25, -0.2) is 22.8 Å². The van der Waals surface area contributed by atoms with Crippen LogP contribution in [0.25, 0.3) is 11.2 Å². The molecule has 11 nitrogen and oxygen atoms in total. The number of halogens is 2. The van der Waals surface area contributed by atoms with Crippen molar-refractivity contribution in [2.24, 2.45) is 4.99 Å². The molecule has 4 rings (SSSR count). The lowest BCUT2D eigenvalue weighted by Crippen LogP contribution is -2.45. The topological polar surface area (TPSA) is 127 Å². The fourth-order valence-corrected chi connectivity index (χ4v) is 5.78. The Kier molecular flexibility index (Phi) is 9.76. The van der Waals surface area contributed by atoms with Crippen LogP contribution in [0.5, 0.6) is 5.75 Å². The van der Waals surface area contributed by atoms with Crippen molar-refractivity contribution >= 4 is 39.6 Å². The van der Waals surface area contributed by atoms with Gasteiger partial charge in [0.25, 0.3) is 15.6 Å². The fraction of sp³-hybridized carbons (Fsp3) is 0.296. The quantitative estimate of drug-likeness (QED) is 0.194. The Morgan fingerprint density at radius 1 is 1.29 bits per heavy atom. The Labute approximate surface area is 242 Å². The molecule has 0 radical (unpaired) electrons. The third-order valence-corrected chi connectivity index (χ3v) is 8.21. The van der Waals surface area contributed by atoms with Crippen LogP contribution in [0.15, 0.2) is 75.1 Å². The van der Waals surface area contributed by atoms with Crippen LogP contribution in [0, 0.1) is 5.82 Å². The van der Waals surface area contributed by atoms with E-state index >= 15 is 0 Å². The number of allylic oxidation sites excluding steroid dienone is 2. The van der Waals surface area contributed by atoms with Gasteiger partial charge in [-0.2, -0.15) is 0 Å². The molecule has 0 spiro atoms. The van der Waals surface area contributed by atoms with Crippen LogP contribution in [0.2, 0.25) is 5.02 Å². The number of ether oxygens (including phenoxy) is 2. The number of hydrogen-bond acceptors (Lipinski definition) is 9. The molecule has 1 fully saturated rings. The Bertz CT molecular complexity index is 1670. The SMILES string of the molecule is C=N/C(OC)=C(\C=C(/C)c1ccc2ncc(OCCN3CCNCC3)c(=O)n2c1)NS(=O)(=O)c1ccc(F)cc1Cl. The molecule has 0 amide bonds. The second kappa shape index (κ2) is 13.3. The van der Waals surface area contributed by atoms with Gasteiger partial charge in [-0.05, 0) is 61.2 Å². The number of sulfonamides is 1. The van der Waals surface area contributed by atoms with Crippen molar-refractivity contribution in [3.05, 3.63) is 87.1 Å². The van der Waals surface area contributed by atoms with Crippen LogP contribution in [-0.2, 0) is 14.8 Å². The average molecular weight is 605 g/mol. The molecule has 1 saturated heterocycles. The van der Waals surface area contributed by atoms with E-state index in [4.69, 9.17) is 21.1 Å². The van der Waals surface area contributed by atoms with E-state index in [1.807, 2.05) is 0 Å². The number of pyridine rings is 1. The molecule has 2 N–H and O–H groups in total. The number of methoxy groups -OCH3 is 1. The Morgan fingerprint density at radius 2 is 2.05 bits per heavy atom. The number of rotatable bonds is 11. The van der Waals surface area contributed by atoms with Gasteiger partial charge in [0, 0.05) is 38.9 Å². The fourth-order valence-electron chi connectivity index (χ4n) is 4.20. The minimum Gasteiger partial charge on any atom is -0.485 e. The van der Waals surface area contributed by atoms with Crippen LogP contribution >= 0.6 is 11.6 Å². The highest BCUT2D eigenvalue weighted by Gasteiger charge is 2.21. The van der Waals surface area contributed by atoms with E-state index in [-0.39, 0.29) is 32.8 Å². The minimum atomic E-state index is -4.27. The van der Waals surface area contributed by atoms with E-state index < -0.39 is 15.8 Å². The summed E-state index contributed by atoms with van der Waals surface area (Å²) in [7, 11) is -2.97. The van der Waals surface area contributed by atoms with E-state index in [1.54, 1.807) is 25.3 Å². The molecule has 0 aliphatic carbocycles. The third-order valence-electron chi connectivity index (χ3n) is 6.36. The number of piperazine rings is 1. The zero-order valence-corrected chi connectivity index (χ0v) is 24.1. The molecular weight excluding hydrogens is 575 g/mol. The number of aromatic nitrogens is 2. The van der Waals surface area contributed by atoms with Crippen molar-refractivity contribution in [2.75, 3.05) is 46.4 Å². The molecular formula is C27H30ClFN6O5S. The molecule has 14 heteroatoms. The van der Waals surface area contributed by atoms with Gasteiger partial charge in [-0.15, -0.1) is 0 Å². The summed E-state index contributed by atoms with van der Waals surface area (Å²) in [5.74, 6) is -0.677. The molecule has 0 saturated carbocycles. The van der Waals surface area contributed by atoms with Crippen LogP contribution < -0.4 is 20.3 Å². The Morgan fingerprint density at radius 3 is 2.73 bits per heavy atom. The van der Waals surface area contributed by atoms with E-state index in [9.17, 15) is 17.6 Å². The molecule has 1 aromatic carbocycles. The first kappa shape index (κ1) is 30.2. The predicted octanol–water partition coefficient (Wildman–Crippen LogP) is 2.67. The zero-order chi connectivity index (χ0) is 29.6. The highest BCUT2D eigenvalue weighted by atomic mass is 35.5. The maximum Gasteiger partial charge on any atom is 0.300 e. The number of benzene rings is 1. The van der Waals surface area contributed by atoms with Crippen molar-refractivity contribution < 1.29 is 22.3 Å². The van der Waals surface area contributed by atoms with Gasteiger partial charge in [0.15, 0.2) is 0 Å². The molecule has 1 aliphatic heterocycles. The summed E-state index contributed by atoms with van der Waals surface area (Å²) < 4.78 is 54.4. The zero-order valence-electron chi connectivity index (χ0n) is 22.6. The lowest BCUT2D eigenvalue weighted by Gasteiger charge is -2.26. The molecule has 0 unspecified atom stereocenters. The summed E-state index contributed by atoms with van der Waals surface area (Å²) in [4.78, 5) is 23.2. The van der Waals surface area contributed by atoms with Crippen molar-refractivity contribution in [1.82, 2.24) is 24.3 Å². The van der Waals surface area contributed by atoms with Gasteiger partial charge in [-0.3, -0.25) is 18.8 Å². The van der Waals surface area contributed by atoms with Crippen molar-refractivity contribution in [1.29, 1.82) is 0 Å². The van der Waals surface area contributed by atoms with E-state index in [1.165, 1.54) is 23.8 Å². The molecule has 1 aliphatic rings. The van der Waals surface area contributed by atoms with Crippen molar-refractivity contribution in [3.63, 3.8) is 0 Å². The highest BCUT2D eigenvalue weighted by Crippen LogP contribution is 2.25. The summed E-state index contributed by atoms with van der Waals surface area (Å²) in [6.45, 7) is 9.87. The first-order chi connectivity index (χ1) is 19.6. The minimum absolute atomic E-state index is 0.0593. The van der Waals surface area contributed by atoms with Gasteiger partial charge < -0.3 is 14.8 Å². The highest BCUT2D eigenvalue weighted by molar-refractivity contribution is 7.89. The second-order valence-electron chi connectivity index (χ2n) is 9.10. The molecule has 3 aromatic rings. The van der Waals surface area contributed by atoms with Crippen LogP contribution in [0.1, 0.15) is 12.5 Å². The van der Waals surface area contributed by atoms with E-state index in [0.29, 0.717) is 29.9 Å². The van der Waals surface area contributed by atoms with E-state index in [2.05, 4.69) is 31.6 Å². The lowest BCUT2D eigenvalue weighted by molar-refractivity contribution is 0.190. The first-order valence-electron chi connectivity index (χ1n) is 12.6. The summed E-state index contributed by atoms with van der Waals surface area (Å²) in [6.07, 6.45) is 4.46. The third kappa shape index (κ3) is 7.30. The molecule has 41 heavy (non-hydrogen) atoms. The summed E-state index contributed by atoms with van der Waals surface area (Å²) in [5.41, 5.74) is 1.10. The van der Waals surface area contributed by atoms with Crippen LogP contribution in [0.3, 0.4) is 0 Å². The van der Waals surface area contributed by atoms with Gasteiger partial charge in [0.1, 0.15) is 28.7 Å². The lowest BCUT2D eigenvalue weighted by atomic mass is 10.1. The Hall–Kier alpha value is -3.78. The second-order valence-corrected chi connectivity index (χ2v) is 11.2. The average Bonchev–Trinajstić information content (AvgIpc) is 2.95. The molecule has 0 bridgehead atoms. The van der Waals surface area contributed by atoms with Gasteiger partial charge in [0.05, 0.1) is 18.3 Å². The maximum absolute atomic E-state index is 13.5. The van der Waals surface area contributed by atoms with Gasteiger partial charge in [-0.1, -0.05) is 11.6 Å². The van der Waals surface area contributed by atoms with Gasteiger partial charge >= 0.3 is 0 Å². The summed E-state index contributed by atoms with van der Waals surface area (Å²) in [5, 5.41) is 3.00. The largest absolute Gasteiger partial charge is 0.485 e. The van der Waals surface area contributed by atoms with Crippen molar-refractivity contribution in [3.8, 4) is 5.75 Å². The number of hydrogen-bond donors (Lipinski definition) is 2. The van der Waals surface area contributed by atoms with E-state index in [0.717, 1.165) is 44.4 Å². The smallest absolute Gasteiger partial charge is 0.300 e. The van der Waals surface area contributed by atoms with Gasteiger partial charge in [0.2, 0.25) is 11.6 Å². The van der Waals surface area contributed by atoms with Crippen LogP contribution in [-0.4, -0.2) is 75.9 Å². The normalized spacial score (nSPS) is 15.4.